The summed E-state index contributed by atoms with van der Waals surface area (Å²) in [6.07, 6.45) is 2.70. The number of anilines is 1. The van der Waals surface area contributed by atoms with E-state index in [0.717, 1.165) is 5.56 Å². The van der Waals surface area contributed by atoms with E-state index in [4.69, 9.17) is 18.9 Å². The van der Waals surface area contributed by atoms with Crippen LogP contribution in [0.25, 0.3) is 0 Å². The fraction of sp³-hybridized carbons (Fsp3) is 0.375. The monoisotopic (exact) mass is 335 g/mol. The van der Waals surface area contributed by atoms with Crippen LogP contribution in [0.2, 0.25) is 0 Å². The van der Waals surface area contributed by atoms with Gasteiger partial charge in [-0.3, -0.25) is 10.00 Å². The maximum Gasteiger partial charge on any atom is 0.411 e. The molecule has 1 aromatic carbocycles. The first kappa shape index (κ1) is 17.6. The van der Waals surface area contributed by atoms with Crippen LogP contribution < -0.4 is 14.8 Å². The van der Waals surface area contributed by atoms with Crippen molar-refractivity contribution in [2.45, 2.75) is 6.54 Å². The molecule has 0 aliphatic heterocycles. The molecule has 1 amide bonds. The largest absolute Gasteiger partial charge is 0.493 e. The fourth-order valence-corrected chi connectivity index (χ4v) is 2.14. The van der Waals surface area contributed by atoms with Gasteiger partial charge in [-0.15, -0.1) is 0 Å². The van der Waals surface area contributed by atoms with E-state index in [1.165, 1.54) is 7.11 Å². The molecular formula is C16H21N3O5. The zero-order valence-electron chi connectivity index (χ0n) is 13.9. The standard InChI is InChI=1S/C16H21N3O5/c1-21-7-8-24-16(20)18-13-9-17-19(11-13)10-12-5-4-6-14(22-2)15(12)23-3/h4-6,9,11H,7-8,10H2,1-3H3,(H,18,20). The van der Waals surface area contributed by atoms with E-state index in [2.05, 4.69) is 10.4 Å². The van der Waals surface area contributed by atoms with E-state index in [1.807, 2.05) is 18.2 Å². The number of methoxy groups -OCH3 is 3. The second-order valence-corrected chi connectivity index (χ2v) is 4.83. The molecule has 2 rings (SSSR count). The lowest BCUT2D eigenvalue weighted by Gasteiger charge is -2.12. The molecule has 0 fully saturated rings. The van der Waals surface area contributed by atoms with Crippen molar-refractivity contribution >= 4 is 11.8 Å². The van der Waals surface area contributed by atoms with Crippen molar-refractivity contribution < 1.29 is 23.7 Å². The lowest BCUT2D eigenvalue weighted by atomic mass is 10.2. The van der Waals surface area contributed by atoms with Gasteiger partial charge in [-0.2, -0.15) is 5.10 Å². The zero-order chi connectivity index (χ0) is 17.4. The van der Waals surface area contributed by atoms with Crippen LogP contribution in [0.4, 0.5) is 10.5 Å². The normalized spacial score (nSPS) is 10.3. The van der Waals surface area contributed by atoms with Gasteiger partial charge in [0.15, 0.2) is 11.5 Å². The number of rotatable bonds is 8. The lowest BCUT2D eigenvalue weighted by Crippen LogP contribution is -2.16. The second kappa shape index (κ2) is 8.78. The van der Waals surface area contributed by atoms with E-state index < -0.39 is 6.09 Å². The average Bonchev–Trinajstić information content (AvgIpc) is 3.01. The summed E-state index contributed by atoms with van der Waals surface area (Å²) in [5, 5.41) is 6.82. The number of amides is 1. The summed E-state index contributed by atoms with van der Waals surface area (Å²) in [5.41, 5.74) is 1.45. The molecule has 0 atom stereocenters. The molecule has 8 heteroatoms. The Balaban J connectivity index is 2.00. The van der Waals surface area contributed by atoms with Crippen LogP contribution in [0.15, 0.2) is 30.6 Å². The van der Waals surface area contributed by atoms with Gasteiger partial charge in [0, 0.05) is 18.9 Å². The van der Waals surface area contributed by atoms with E-state index in [9.17, 15) is 4.79 Å². The highest BCUT2D eigenvalue weighted by Gasteiger charge is 2.11. The number of aromatic nitrogens is 2. The molecule has 0 saturated heterocycles. The maximum atomic E-state index is 11.6. The Morgan fingerprint density at radius 3 is 2.75 bits per heavy atom. The van der Waals surface area contributed by atoms with Gasteiger partial charge in [-0.25, -0.2) is 4.79 Å². The minimum atomic E-state index is -0.550. The van der Waals surface area contributed by atoms with Crippen molar-refractivity contribution in [3.63, 3.8) is 0 Å². The van der Waals surface area contributed by atoms with E-state index >= 15 is 0 Å². The number of benzene rings is 1. The van der Waals surface area contributed by atoms with Gasteiger partial charge >= 0.3 is 6.09 Å². The molecule has 130 valence electrons. The summed E-state index contributed by atoms with van der Waals surface area (Å²) in [6.45, 7) is 1.01. The highest BCUT2D eigenvalue weighted by atomic mass is 16.6. The third-order valence-electron chi connectivity index (χ3n) is 3.22. The molecule has 0 unspecified atom stereocenters. The van der Waals surface area contributed by atoms with Gasteiger partial charge < -0.3 is 18.9 Å². The third kappa shape index (κ3) is 4.63. The smallest absolute Gasteiger partial charge is 0.411 e. The second-order valence-electron chi connectivity index (χ2n) is 4.83. The van der Waals surface area contributed by atoms with Gasteiger partial charge in [-0.05, 0) is 6.07 Å². The topological polar surface area (TPSA) is 83.8 Å². The van der Waals surface area contributed by atoms with E-state index in [0.29, 0.717) is 30.3 Å². The van der Waals surface area contributed by atoms with Gasteiger partial charge in [-0.1, -0.05) is 12.1 Å². The number of carbonyl (C=O) groups is 1. The Hall–Kier alpha value is -2.74. The quantitative estimate of drug-likeness (QED) is 0.744. The average molecular weight is 335 g/mol. The number of para-hydroxylation sites is 1. The molecule has 1 aromatic heterocycles. The Kier molecular flexibility index (Phi) is 6.44. The minimum absolute atomic E-state index is 0.192. The van der Waals surface area contributed by atoms with Crippen LogP contribution in [0.5, 0.6) is 11.5 Å². The Bertz CT molecular complexity index is 671. The predicted octanol–water partition coefficient (Wildman–Crippen LogP) is 2.14. The van der Waals surface area contributed by atoms with Crippen LogP contribution in [0.3, 0.4) is 0 Å². The summed E-state index contributed by atoms with van der Waals surface area (Å²) in [6, 6.07) is 5.64. The van der Waals surface area contributed by atoms with Gasteiger partial charge in [0.05, 0.1) is 39.3 Å². The Labute approximate surface area is 140 Å². The molecule has 2 aromatic rings. The number of carbonyl (C=O) groups excluding carboxylic acids is 1. The van der Waals surface area contributed by atoms with Crippen molar-refractivity contribution in [3.8, 4) is 11.5 Å². The molecule has 0 saturated carbocycles. The SMILES string of the molecule is COCCOC(=O)Nc1cnn(Cc2cccc(OC)c2OC)c1. The molecule has 8 nitrogen and oxygen atoms in total. The first-order valence-corrected chi connectivity index (χ1v) is 7.33. The summed E-state index contributed by atoms with van der Waals surface area (Å²) in [5.74, 6) is 1.31. The summed E-state index contributed by atoms with van der Waals surface area (Å²) in [7, 11) is 4.72. The van der Waals surface area contributed by atoms with Crippen molar-refractivity contribution in [2.24, 2.45) is 0 Å². The first-order valence-electron chi connectivity index (χ1n) is 7.33. The van der Waals surface area contributed by atoms with Crippen molar-refractivity contribution in [2.75, 3.05) is 39.9 Å². The Morgan fingerprint density at radius 1 is 1.21 bits per heavy atom. The van der Waals surface area contributed by atoms with Crippen molar-refractivity contribution in [3.05, 3.63) is 36.2 Å². The predicted molar refractivity (Wildman–Crippen MR) is 87.7 cm³/mol. The first-order chi connectivity index (χ1) is 11.7. The fourth-order valence-electron chi connectivity index (χ4n) is 2.14. The molecule has 0 spiro atoms. The molecule has 24 heavy (non-hydrogen) atoms. The third-order valence-corrected chi connectivity index (χ3v) is 3.22. The summed E-state index contributed by atoms with van der Waals surface area (Å²) in [4.78, 5) is 11.6. The molecule has 1 N–H and O–H groups in total. The maximum absolute atomic E-state index is 11.6. The molecule has 1 heterocycles. The van der Waals surface area contributed by atoms with Gasteiger partial charge in [0.25, 0.3) is 0 Å². The van der Waals surface area contributed by atoms with Crippen LogP contribution in [-0.4, -0.2) is 50.4 Å². The highest BCUT2D eigenvalue weighted by Crippen LogP contribution is 2.31. The molecular weight excluding hydrogens is 314 g/mol. The highest BCUT2D eigenvalue weighted by molar-refractivity contribution is 5.84. The number of hydrogen-bond donors (Lipinski definition) is 1. The van der Waals surface area contributed by atoms with Crippen molar-refractivity contribution in [1.82, 2.24) is 9.78 Å². The van der Waals surface area contributed by atoms with E-state index in [-0.39, 0.29) is 6.61 Å². The summed E-state index contributed by atoms with van der Waals surface area (Å²) < 4.78 is 22.1. The molecule has 0 bridgehead atoms. The zero-order valence-corrected chi connectivity index (χ0v) is 13.9. The molecule has 0 radical (unpaired) electrons. The minimum Gasteiger partial charge on any atom is -0.493 e. The number of nitrogens with one attached hydrogen (secondary N) is 1. The van der Waals surface area contributed by atoms with Crippen LogP contribution in [0.1, 0.15) is 5.56 Å². The lowest BCUT2D eigenvalue weighted by molar-refractivity contribution is 0.107. The van der Waals surface area contributed by atoms with E-state index in [1.54, 1.807) is 31.3 Å². The van der Waals surface area contributed by atoms with Crippen LogP contribution in [-0.2, 0) is 16.0 Å². The number of ether oxygens (including phenoxy) is 4. The Morgan fingerprint density at radius 2 is 2.04 bits per heavy atom. The number of nitrogens with zero attached hydrogens (tertiary/aromatic N) is 2. The van der Waals surface area contributed by atoms with Gasteiger partial charge in [0.2, 0.25) is 0 Å². The van der Waals surface area contributed by atoms with Crippen LogP contribution >= 0.6 is 0 Å². The van der Waals surface area contributed by atoms with Crippen LogP contribution in [0, 0.1) is 0 Å². The molecule has 0 aliphatic rings. The van der Waals surface area contributed by atoms with Crippen molar-refractivity contribution in [1.29, 1.82) is 0 Å². The van der Waals surface area contributed by atoms with Gasteiger partial charge in [0.1, 0.15) is 6.61 Å². The molecule has 0 aliphatic carbocycles. The number of hydrogen-bond acceptors (Lipinski definition) is 6. The summed E-state index contributed by atoms with van der Waals surface area (Å²) >= 11 is 0.